The lowest BCUT2D eigenvalue weighted by atomic mass is 10.0. The van der Waals surface area contributed by atoms with Gasteiger partial charge in [-0.25, -0.2) is 0 Å². The average Bonchev–Trinajstić information content (AvgIpc) is 3.44. The summed E-state index contributed by atoms with van der Waals surface area (Å²) in [5, 5.41) is 1.15. The maximum atomic E-state index is 6.28. The molecule has 0 bridgehead atoms. The Kier molecular flexibility index (Phi) is 4.32. The first-order chi connectivity index (χ1) is 14.7. The number of aromatic amines is 1. The molecular formula is C24H20N2O4. The van der Waals surface area contributed by atoms with Gasteiger partial charge in [-0.2, -0.15) is 0 Å². The SMILES string of the molecule is COc1cc(-c2cc3nccc(-c4ccc5[nH]ccc5c4)c3o2)cc(OC)c1OC. The van der Waals surface area contributed by atoms with Crippen molar-refractivity contribution in [3.05, 3.63) is 60.9 Å². The minimum Gasteiger partial charge on any atom is -0.493 e. The van der Waals surface area contributed by atoms with Crippen molar-refractivity contribution in [3.8, 4) is 39.7 Å². The minimum absolute atomic E-state index is 0.540. The van der Waals surface area contributed by atoms with Crippen LogP contribution >= 0.6 is 0 Å². The van der Waals surface area contributed by atoms with Crippen molar-refractivity contribution in [1.29, 1.82) is 0 Å². The Balaban J connectivity index is 1.67. The zero-order valence-corrected chi connectivity index (χ0v) is 16.9. The number of nitrogens with zero attached hydrogens (tertiary/aromatic N) is 1. The predicted octanol–water partition coefficient (Wildman–Crippen LogP) is 5.67. The van der Waals surface area contributed by atoms with Gasteiger partial charge < -0.3 is 23.6 Å². The number of nitrogens with one attached hydrogen (secondary N) is 1. The molecule has 150 valence electrons. The van der Waals surface area contributed by atoms with Crippen LogP contribution in [0.2, 0.25) is 0 Å². The summed E-state index contributed by atoms with van der Waals surface area (Å²) in [6.07, 6.45) is 3.74. The maximum absolute atomic E-state index is 6.28. The highest BCUT2D eigenvalue weighted by Gasteiger charge is 2.18. The number of ether oxygens (including phenoxy) is 3. The van der Waals surface area contributed by atoms with Gasteiger partial charge in [0, 0.05) is 35.1 Å². The Labute approximate surface area is 173 Å². The van der Waals surface area contributed by atoms with Crippen LogP contribution in [0.1, 0.15) is 0 Å². The van der Waals surface area contributed by atoms with Crippen molar-refractivity contribution >= 4 is 22.0 Å². The molecule has 0 amide bonds. The van der Waals surface area contributed by atoms with Crippen LogP contribution in [0.4, 0.5) is 0 Å². The van der Waals surface area contributed by atoms with Gasteiger partial charge in [-0.1, -0.05) is 6.07 Å². The van der Waals surface area contributed by atoms with Gasteiger partial charge in [-0.15, -0.1) is 0 Å². The largest absolute Gasteiger partial charge is 0.493 e. The van der Waals surface area contributed by atoms with E-state index in [0.717, 1.165) is 38.7 Å². The molecule has 0 fully saturated rings. The summed E-state index contributed by atoms with van der Waals surface area (Å²) in [5.74, 6) is 2.35. The molecule has 5 rings (SSSR count). The highest BCUT2D eigenvalue weighted by atomic mass is 16.5. The number of furan rings is 1. The molecule has 1 N–H and O–H groups in total. The van der Waals surface area contributed by atoms with E-state index in [-0.39, 0.29) is 0 Å². The van der Waals surface area contributed by atoms with Crippen molar-refractivity contribution in [3.63, 3.8) is 0 Å². The van der Waals surface area contributed by atoms with E-state index in [1.807, 2.05) is 30.5 Å². The second-order valence-electron chi connectivity index (χ2n) is 6.88. The van der Waals surface area contributed by atoms with Crippen LogP contribution in [-0.4, -0.2) is 31.3 Å². The number of fused-ring (bicyclic) bond motifs is 2. The van der Waals surface area contributed by atoms with Crippen LogP contribution < -0.4 is 14.2 Å². The number of hydrogen-bond acceptors (Lipinski definition) is 5. The quantitative estimate of drug-likeness (QED) is 0.412. The number of rotatable bonds is 5. The molecule has 0 aliphatic rings. The number of H-pyrrole nitrogens is 1. The molecule has 0 saturated carbocycles. The van der Waals surface area contributed by atoms with E-state index in [1.165, 1.54) is 0 Å². The zero-order chi connectivity index (χ0) is 20.7. The maximum Gasteiger partial charge on any atom is 0.203 e. The molecule has 0 spiro atoms. The number of methoxy groups -OCH3 is 3. The lowest BCUT2D eigenvalue weighted by molar-refractivity contribution is 0.324. The molecule has 3 heterocycles. The highest BCUT2D eigenvalue weighted by molar-refractivity contribution is 5.95. The van der Waals surface area contributed by atoms with Crippen molar-refractivity contribution in [2.75, 3.05) is 21.3 Å². The summed E-state index contributed by atoms with van der Waals surface area (Å²) >= 11 is 0. The average molecular weight is 400 g/mol. The Morgan fingerprint density at radius 2 is 1.63 bits per heavy atom. The van der Waals surface area contributed by atoms with Gasteiger partial charge in [0.25, 0.3) is 0 Å². The molecule has 0 unspecified atom stereocenters. The third kappa shape index (κ3) is 2.85. The highest BCUT2D eigenvalue weighted by Crippen LogP contribution is 2.43. The van der Waals surface area contributed by atoms with E-state index in [1.54, 1.807) is 27.5 Å². The van der Waals surface area contributed by atoms with E-state index in [2.05, 4.69) is 34.2 Å². The molecule has 5 aromatic rings. The predicted molar refractivity (Wildman–Crippen MR) is 116 cm³/mol. The number of hydrogen-bond donors (Lipinski definition) is 1. The molecule has 0 saturated heterocycles. The van der Waals surface area contributed by atoms with Crippen LogP contribution in [0.3, 0.4) is 0 Å². The van der Waals surface area contributed by atoms with Gasteiger partial charge >= 0.3 is 0 Å². The van der Waals surface area contributed by atoms with Crippen LogP contribution in [0.15, 0.2) is 65.3 Å². The van der Waals surface area contributed by atoms with Crippen molar-refractivity contribution in [2.24, 2.45) is 0 Å². The minimum atomic E-state index is 0.540. The van der Waals surface area contributed by atoms with Crippen molar-refractivity contribution in [2.45, 2.75) is 0 Å². The van der Waals surface area contributed by atoms with E-state index in [0.29, 0.717) is 23.0 Å². The Bertz CT molecular complexity index is 1340. The van der Waals surface area contributed by atoms with Gasteiger partial charge in [0.15, 0.2) is 17.1 Å². The molecule has 0 aliphatic heterocycles. The molecule has 0 aliphatic carbocycles. The second-order valence-corrected chi connectivity index (χ2v) is 6.88. The zero-order valence-electron chi connectivity index (χ0n) is 16.9. The molecular weight excluding hydrogens is 380 g/mol. The van der Waals surface area contributed by atoms with E-state index in [9.17, 15) is 0 Å². The summed E-state index contributed by atoms with van der Waals surface area (Å²) in [4.78, 5) is 7.72. The smallest absolute Gasteiger partial charge is 0.203 e. The van der Waals surface area contributed by atoms with Gasteiger partial charge in [-0.05, 0) is 47.3 Å². The lowest BCUT2D eigenvalue weighted by Gasteiger charge is -2.13. The van der Waals surface area contributed by atoms with Crippen LogP contribution in [0, 0.1) is 0 Å². The molecule has 2 aromatic carbocycles. The molecule has 6 nitrogen and oxygen atoms in total. The lowest BCUT2D eigenvalue weighted by Crippen LogP contribution is -1.95. The van der Waals surface area contributed by atoms with E-state index < -0.39 is 0 Å². The first-order valence-electron chi connectivity index (χ1n) is 9.48. The monoisotopic (exact) mass is 400 g/mol. The van der Waals surface area contributed by atoms with Crippen molar-refractivity contribution in [1.82, 2.24) is 9.97 Å². The molecule has 6 heteroatoms. The van der Waals surface area contributed by atoms with E-state index >= 15 is 0 Å². The molecule has 0 radical (unpaired) electrons. The topological polar surface area (TPSA) is 69.5 Å². The Morgan fingerprint density at radius 3 is 2.37 bits per heavy atom. The summed E-state index contributed by atoms with van der Waals surface area (Å²) in [6.45, 7) is 0. The fourth-order valence-corrected chi connectivity index (χ4v) is 3.75. The molecule has 3 aromatic heterocycles. The van der Waals surface area contributed by atoms with Gasteiger partial charge in [0.2, 0.25) is 5.75 Å². The van der Waals surface area contributed by atoms with E-state index in [4.69, 9.17) is 18.6 Å². The molecule has 0 atom stereocenters. The Morgan fingerprint density at radius 1 is 0.833 bits per heavy atom. The number of aromatic nitrogens is 2. The van der Waals surface area contributed by atoms with Gasteiger partial charge in [0.1, 0.15) is 11.3 Å². The Hall–Kier alpha value is -3.93. The first-order valence-corrected chi connectivity index (χ1v) is 9.48. The third-order valence-electron chi connectivity index (χ3n) is 5.23. The summed E-state index contributed by atoms with van der Waals surface area (Å²) in [5.41, 5.74) is 5.49. The van der Waals surface area contributed by atoms with Gasteiger partial charge in [-0.3, -0.25) is 4.98 Å². The van der Waals surface area contributed by atoms with Crippen LogP contribution in [0.5, 0.6) is 17.2 Å². The fraction of sp³-hybridized carbons (Fsp3) is 0.125. The number of pyridine rings is 1. The first kappa shape index (κ1) is 18.1. The summed E-state index contributed by atoms with van der Waals surface area (Å²) in [7, 11) is 4.77. The fourth-order valence-electron chi connectivity index (χ4n) is 3.75. The third-order valence-corrected chi connectivity index (χ3v) is 5.23. The van der Waals surface area contributed by atoms with Gasteiger partial charge in [0.05, 0.1) is 21.3 Å². The summed E-state index contributed by atoms with van der Waals surface area (Å²) < 4.78 is 22.7. The number of benzene rings is 2. The van der Waals surface area contributed by atoms with Crippen LogP contribution in [-0.2, 0) is 0 Å². The summed E-state index contributed by atoms with van der Waals surface area (Å²) in [6, 6.07) is 16.0. The standard InChI is InChI=1S/C24H20N2O4/c1-27-21-11-16(12-22(28-2)24(21)29-3)20-13-19-23(30-20)17(7-9-26-19)14-4-5-18-15(10-14)6-8-25-18/h4-13,25H,1-3H3. The molecule has 30 heavy (non-hydrogen) atoms. The second kappa shape index (κ2) is 7.15. The normalized spacial score (nSPS) is 11.2. The van der Waals surface area contributed by atoms with Crippen LogP contribution in [0.25, 0.3) is 44.5 Å². The van der Waals surface area contributed by atoms with Crippen molar-refractivity contribution < 1.29 is 18.6 Å².